The lowest BCUT2D eigenvalue weighted by atomic mass is 9.79. The first-order valence-corrected chi connectivity index (χ1v) is 6.32. The van der Waals surface area contributed by atoms with Crippen molar-refractivity contribution in [1.82, 2.24) is 0 Å². The van der Waals surface area contributed by atoms with E-state index >= 15 is 0 Å². The molecule has 1 aliphatic rings. The summed E-state index contributed by atoms with van der Waals surface area (Å²) in [5.41, 5.74) is -0.0652. The molecular formula is C13H23NO. The molecule has 1 rings (SSSR count). The molecule has 0 atom stereocenters. The van der Waals surface area contributed by atoms with E-state index in [1.165, 1.54) is 25.7 Å². The smallest absolute Gasteiger partial charge is 0.0690 e. The fourth-order valence-electron chi connectivity index (χ4n) is 2.34. The lowest BCUT2D eigenvalue weighted by Crippen LogP contribution is -2.20. The van der Waals surface area contributed by atoms with Gasteiger partial charge in [0.15, 0.2) is 0 Å². The second-order valence-corrected chi connectivity index (χ2v) is 4.67. The number of nitrogens with zero attached hydrogens (tertiary/aromatic N) is 1. The van der Waals surface area contributed by atoms with Crippen molar-refractivity contribution < 1.29 is 4.74 Å². The van der Waals surface area contributed by atoms with Gasteiger partial charge in [-0.2, -0.15) is 5.26 Å². The van der Waals surface area contributed by atoms with Crippen LogP contribution in [0.4, 0.5) is 0 Å². The molecule has 86 valence electrons. The van der Waals surface area contributed by atoms with Crippen LogP contribution in [0.25, 0.3) is 0 Å². The van der Waals surface area contributed by atoms with Crippen molar-refractivity contribution in [2.45, 2.75) is 58.3 Å². The molecule has 1 saturated carbocycles. The second kappa shape index (κ2) is 6.85. The molecule has 0 aromatic rings. The lowest BCUT2D eigenvalue weighted by molar-refractivity contribution is 0.104. The van der Waals surface area contributed by atoms with Crippen molar-refractivity contribution in [3.8, 4) is 6.07 Å². The van der Waals surface area contributed by atoms with Gasteiger partial charge in [0.05, 0.1) is 11.5 Å². The van der Waals surface area contributed by atoms with Crippen molar-refractivity contribution in [2.75, 3.05) is 13.2 Å². The molecule has 1 fully saturated rings. The fourth-order valence-corrected chi connectivity index (χ4v) is 2.34. The summed E-state index contributed by atoms with van der Waals surface area (Å²) in [5.74, 6) is 0. The highest BCUT2D eigenvalue weighted by molar-refractivity contribution is 4.99. The van der Waals surface area contributed by atoms with Crippen LogP contribution in [0.5, 0.6) is 0 Å². The first kappa shape index (κ1) is 12.5. The Morgan fingerprint density at radius 3 is 2.33 bits per heavy atom. The van der Waals surface area contributed by atoms with Crippen LogP contribution >= 0.6 is 0 Å². The maximum atomic E-state index is 9.32. The van der Waals surface area contributed by atoms with E-state index < -0.39 is 0 Å². The van der Waals surface area contributed by atoms with Crippen molar-refractivity contribution in [2.24, 2.45) is 5.41 Å². The van der Waals surface area contributed by atoms with Gasteiger partial charge in [0.25, 0.3) is 0 Å². The second-order valence-electron chi connectivity index (χ2n) is 4.67. The SMILES string of the molecule is CCCOCCC1(C#N)CCCCCC1. The zero-order valence-electron chi connectivity index (χ0n) is 9.93. The van der Waals surface area contributed by atoms with Gasteiger partial charge in [-0.1, -0.05) is 32.6 Å². The molecule has 0 spiro atoms. The summed E-state index contributed by atoms with van der Waals surface area (Å²) < 4.78 is 5.50. The molecule has 0 radical (unpaired) electrons. The highest BCUT2D eigenvalue weighted by Crippen LogP contribution is 2.37. The predicted octanol–water partition coefficient (Wildman–Crippen LogP) is 3.67. The van der Waals surface area contributed by atoms with E-state index in [0.29, 0.717) is 0 Å². The Morgan fingerprint density at radius 2 is 1.80 bits per heavy atom. The predicted molar refractivity (Wildman–Crippen MR) is 61.5 cm³/mol. The van der Waals surface area contributed by atoms with Crippen LogP contribution in [0, 0.1) is 16.7 Å². The van der Waals surface area contributed by atoms with E-state index in [9.17, 15) is 5.26 Å². The van der Waals surface area contributed by atoms with Gasteiger partial charge < -0.3 is 4.74 Å². The van der Waals surface area contributed by atoms with Crippen LogP contribution in [0.15, 0.2) is 0 Å². The van der Waals surface area contributed by atoms with Crippen molar-refractivity contribution in [1.29, 1.82) is 5.26 Å². The average molecular weight is 209 g/mol. The summed E-state index contributed by atoms with van der Waals surface area (Å²) in [4.78, 5) is 0. The van der Waals surface area contributed by atoms with Gasteiger partial charge in [0.2, 0.25) is 0 Å². The third-order valence-electron chi connectivity index (χ3n) is 3.37. The molecular weight excluding hydrogens is 186 g/mol. The fraction of sp³-hybridized carbons (Fsp3) is 0.923. The van der Waals surface area contributed by atoms with E-state index in [4.69, 9.17) is 4.74 Å². The van der Waals surface area contributed by atoms with E-state index in [0.717, 1.165) is 38.9 Å². The summed E-state index contributed by atoms with van der Waals surface area (Å²) in [6.45, 7) is 3.72. The van der Waals surface area contributed by atoms with Crippen LogP contribution in [0.1, 0.15) is 58.3 Å². The number of hydrogen-bond acceptors (Lipinski definition) is 2. The third kappa shape index (κ3) is 4.22. The summed E-state index contributed by atoms with van der Waals surface area (Å²) in [6.07, 6.45) is 9.22. The molecule has 0 unspecified atom stereocenters. The third-order valence-corrected chi connectivity index (χ3v) is 3.37. The zero-order chi connectivity index (χ0) is 11.0. The number of rotatable bonds is 5. The van der Waals surface area contributed by atoms with E-state index in [2.05, 4.69) is 13.0 Å². The van der Waals surface area contributed by atoms with Gasteiger partial charge in [0.1, 0.15) is 0 Å². The van der Waals surface area contributed by atoms with Crippen LogP contribution in [0.3, 0.4) is 0 Å². The molecule has 0 aromatic carbocycles. The Kier molecular flexibility index (Phi) is 5.71. The first-order chi connectivity index (χ1) is 7.33. The minimum atomic E-state index is -0.0652. The molecule has 0 saturated heterocycles. The maximum Gasteiger partial charge on any atom is 0.0690 e. The van der Waals surface area contributed by atoms with Crippen molar-refractivity contribution in [3.63, 3.8) is 0 Å². The molecule has 0 N–H and O–H groups in total. The molecule has 1 aliphatic carbocycles. The lowest BCUT2D eigenvalue weighted by Gasteiger charge is -2.24. The number of nitriles is 1. The van der Waals surface area contributed by atoms with Crippen LogP contribution in [-0.2, 0) is 4.74 Å². The normalized spacial score (nSPS) is 20.5. The molecule has 0 amide bonds. The minimum Gasteiger partial charge on any atom is -0.381 e. The van der Waals surface area contributed by atoms with E-state index in [-0.39, 0.29) is 5.41 Å². The molecule has 15 heavy (non-hydrogen) atoms. The quantitative estimate of drug-likeness (QED) is 0.511. The number of hydrogen-bond donors (Lipinski definition) is 0. The molecule has 2 heteroatoms. The van der Waals surface area contributed by atoms with Gasteiger partial charge in [-0.05, 0) is 25.7 Å². The highest BCUT2D eigenvalue weighted by Gasteiger charge is 2.30. The zero-order valence-corrected chi connectivity index (χ0v) is 9.93. The highest BCUT2D eigenvalue weighted by atomic mass is 16.5. The van der Waals surface area contributed by atoms with Crippen LogP contribution < -0.4 is 0 Å². The Balaban J connectivity index is 2.34. The molecule has 0 aliphatic heterocycles. The van der Waals surface area contributed by atoms with Gasteiger partial charge in [0, 0.05) is 13.2 Å². The largest absolute Gasteiger partial charge is 0.381 e. The number of ether oxygens (including phenoxy) is 1. The standard InChI is InChI=1S/C13H23NO/c1-2-10-15-11-9-13(12-14)7-5-3-4-6-8-13/h2-11H2,1H3. The van der Waals surface area contributed by atoms with Gasteiger partial charge in [-0.3, -0.25) is 0 Å². The first-order valence-electron chi connectivity index (χ1n) is 6.32. The van der Waals surface area contributed by atoms with Gasteiger partial charge in [-0.15, -0.1) is 0 Å². The molecule has 0 aromatic heterocycles. The minimum absolute atomic E-state index is 0.0652. The monoisotopic (exact) mass is 209 g/mol. The van der Waals surface area contributed by atoms with E-state index in [1.807, 2.05) is 0 Å². The summed E-state index contributed by atoms with van der Waals surface area (Å²) >= 11 is 0. The molecule has 2 nitrogen and oxygen atoms in total. The molecule has 0 heterocycles. The topological polar surface area (TPSA) is 33.0 Å². The maximum absolute atomic E-state index is 9.32. The van der Waals surface area contributed by atoms with E-state index in [1.54, 1.807) is 0 Å². The van der Waals surface area contributed by atoms with Crippen LogP contribution in [0.2, 0.25) is 0 Å². The Bertz CT molecular complexity index is 199. The Morgan fingerprint density at radius 1 is 1.13 bits per heavy atom. The average Bonchev–Trinajstić information content (AvgIpc) is 2.51. The van der Waals surface area contributed by atoms with Crippen molar-refractivity contribution >= 4 is 0 Å². The van der Waals surface area contributed by atoms with Gasteiger partial charge in [-0.25, -0.2) is 0 Å². The van der Waals surface area contributed by atoms with Crippen LogP contribution in [-0.4, -0.2) is 13.2 Å². The Labute approximate surface area is 93.6 Å². The Hall–Kier alpha value is -0.550. The molecule has 0 bridgehead atoms. The summed E-state index contributed by atoms with van der Waals surface area (Å²) in [6, 6.07) is 2.55. The van der Waals surface area contributed by atoms with Crippen molar-refractivity contribution in [3.05, 3.63) is 0 Å². The summed E-state index contributed by atoms with van der Waals surface area (Å²) in [7, 11) is 0. The summed E-state index contributed by atoms with van der Waals surface area (Å²) in [5, 5.41) is 9.32. The van der Waals surface area contributed by atoms with Gasteiger partial charge >= 0.3 is 0 Å².